The van der Waals surface area contributed by atoms with E-state index >= 15 is 0 Å². The topological polar surface area (TPSA) is 59.1 Å². The van der Waals surface area contributed by atoms with Crippen LogP contribution in [0.1, 0.15) is 18.1 Å². The molecule has 0 bridgehead atoms. The van der Waals surface area contributed by atoms with Crippen LogP contribution in [0.3, 0.4) is 0 Å². The van der Waals surface area contributed by atoms with Crippen LogP contribution in [0.25, 0.3) is 0 Å². The number of piperazine rings is 1. The zero-order valence-corrected chi connectivity index (χ0v) is 17.1. The molecule has 29 heavy (non-hydrogen) atoms. The molecular weight excluding hydrogens is 368 g/mol. The summed E-state index contributed by atoms with van der Waals surface area (Å²) in [5, 5.41) is 0. The van der Waals surface area contributed by atoms with Crippen molar-refractivity contribution in [3.63, 3.8) is 0 Å². The molecule has 0 radical (unpaired) electrons. The number of aryl methyl sites for hydroxylation is 2. The largest absolute Gasteiger partial charge is 0.484 e. The van der Waals surface area contributed by atoms with Gasteiger partial charge in [-0.2, -0.15) is 0 Å². The molecule has 0 atom stereocenters. The fraction of sp³-hybridized carbons (Fsp3) is 0.391. The second kappa shape index (κ2) is 9.96. The van der Waals surface area contributed by atoms with E-state index in [0.29, 0.717) is 31.9 Å². The lowest BCUT2D eigenvalue weighted by atomic mass is 10.1. The summed E-state index contributed by atoms with van der Waals surface area (Å²) in [6.07, 6.45) is 0.857. The van der Waals surface area contributed by atoms with Crippen molar-refractivity contribution in [2.24, 2.45) is 0 Å². The Hall–Kier alpha value is -3.02. The van der Waals surface area contributed by atoms with Crippen molar-refractivity contribution >= 4 is 11.8 Å². The monoisotopic (exact) mass is 396 g/mol. The highest BCUT2D eigenvalue weighted by Crippen LogP contribution is 2.18. The van der Waals surface area contributed by atoms with Crippen molar-refractivity contribution < 1.29 is 19.1 Å². The number of para-hydroxylation sites is 1. The predicted molar refractivity (Wildman–Crippen MR) is 111 cm³/mol. The number of carbonyl (C=O) groups is 2. The molecule has 0 spiro atoms. The summed E-state index contributed by atoms with van der Waals surface area (Å²) in [5.74, 6) is 1.32. The first-order valence-electron chi connectivity index (χ1n) is 10.0. The van der Waals surface area contributed by atoms with E-state index in [9.17, 15) is 9.59 Å². The second-order valence-electron chi connectivity index (χ2n) is 7.11. The van der Waals surface area contributed by atoms with Gasteiger partial charge in [-0.05, 0) is 37.1 Å². The molecule has 3 rings (SSSR count). The van der Waals surface area contributed by atoms with Gasteiger partial charge in [0.1, 0.15) is 11.5 Å². The average Bonchev–Trinajstić information content (AvgIpc) is 2.77. The van der Waals surface area contributed by atoms with Crippen molar-refractivity contribution in [2.45, 2.75) is 20.3 Å². The standard InChI is InChI=1S/C23H28N2O4/c1-3-19-6-4-5-7-21(19)29-17-23(27)25-14-12-24(13-15-25)22(26)16-28-20-10-8-18(2)9-11-20/h4-11H,3,12-17H2,1-2H3. The van der Waals surface area contributed by atoms with E-state index < -0.39 is 0 Å². The minimum atomic E-state index is -0.0641. The summed E-state index contributed by atoms with van der Waals surface area (Å²) in [4.78, 5) is 28.3. The van der Waals surface area contributed by atoms with Crippen LogP contribution in [-0.4, -0.2) is 61.0 Å². The summed E-state index contributed by atoms with van der Waals surface area (Å²) < 4.78 is 11.3. The fourth-order valence-electron chi connectivity index (χ4n) is 3.24. The van der Waals surface area contributed by atoms with E-state index in [1.165, 1.54) is 0 Å². The molecule has 2 aromatic rings. The van der Waals surface area contributed by atoms with Gasteiger partial charge in [0.05, 0.1) is 0 Å². The van der Waals surface area contributed by atoms with Gasteiger partial charge in [-0.3, -0.25) is 9.59 Å². The van der Waals surface area contributed by atoms with Gasteiger partial charge in [-0.1, -0.05) is 42.8 Å². The predicted octanol–water partition coefficient (Wildman–Crippen LogP) is 2.69. The summed E-state index contributed by atoms with van der Waals surface area (Å²) in [6.45, 7) is 6.12. The molecule has 1 aliphatic heterocycles. The van der Waals surface area contributed by atoms with Crippen LogP contribution in [0.4, 0.5) is 0 Å². The molecule has 6 nitrogen and oxygen atoms in total. The van der Waals surface area contributed by atoms with Crippen molar-refractivity contribution in [1.29, 1.82) is 0 Å². The van der Waals surface area contributed by atoms with Crippen LogP contribution >= 0.6 is 0 Å². The minimum absolute atomic E-state index is 0.00786. The molecule has 1 saturated heterocycles. The quantitative estimate of drug-likeness (QED) is 0.722. The van der Waals surface area contributed by atoms with Gasteiger partial charge in [0, 0.05) is 26.2 Å². The van der Waals surface area contributed by atoms with Gasteiger partial charge in [-0.25, -0.2) is 0 Å². The Kier molecular flexibility index (Phi) is 7.11. The van der Waals surface area contributed by atoms with Crippen LogP contribution in [0, 0.1) is 6.92 Å². The van der Waals surface area contributed by atoms with E-state index in [1.807, 2.05) is 55.5 Å². The van der Waals surface area contributed by atoms with Crippen LogP contribution in [0.2, 0.25) is 0 Å². The Morgan fingerprint density at radius 1 is 0.828 bits per heavy atom. The normalized spacial score (nSPS) is 13.9. The number of carbonyl (C=O) groups excluding carboxylic acids is 2. The molecule has 1 heterocycles. The minimum Gasteiger partial charge on any atom is -0.484 e. The molecule has 0 unspecified atom stereocenters. The van der Waals surface area contributed by atoms with Crippen molar-refractivity contribution in [3.8, 4) is 11.5 Å². The molecule has 1 aliphatic rings. The van der Waals surface area contributed by atoms with E-state index in [2.05, 4.69) is 6.92 Å². The smallest absolute Gasteiger partial charge is 0.260 e. The van der Waals surface area contributed by atoms with Gasteiger partial charge in [0.25, 0.3) is 11.8 Å². The summed E-state index contributed by atoms with van der Waals surface area (Å²) in [7, 11) is 0. The Balaban J connectivity index is 1.41. The number of hydrogen-bond acceptors (Lipinski definition) is 4. The zero-order chi connectivity index (χ0) is 20.6. The number of nitrogens with zero attached hydrogens (tertiary/aromatic N) is 2. The third kappa shape index (κ3) is 5.73. The number of amides is 2. The Labute approximate surface area is 172 Å². The first-order valence-corrected chi connectivity index (χ1v) is 10.0. The summed E-state index contributed by atoms with van der Waals surface area (Å²) >= 11 is 0. The average molecular weight is 396 g/mol. The van der Waals surface area contributed by atoms with Gasteiger partial charge in [0.15, 0.2) is 13.2 Å². The maximum atomic E-state index is 12.5. The number of ether oxygens (including phenoxy) is 2. The maximum Gasteiger partial charge on any atom is 0.260 e. The molecule has 1 fully saturated rings. The first kappa shape index (κ1) is 20.7. The number of hydrogen-bond donors (Lipinski definition) is 0. The van der Waals surface area contributed by atoms with Crippen LogP contribution < -0.4 is 9.47 Å². The maximum absolute atomic E-state index is 12.5. The first-order chi connectivity index (χ1) is 14.1. The van der Waals surface area contributed by atoms with Crippen molar-refractivity contribution in [3.05, 3.63) is 59.7 Å². The Bertz CT molecular complexity index is 827. The highest BCUT2D eigenvalue weighted by Gasteiger charge is 2.24. The third-order valence-corrected chi connectivity index (χ3v) is 5.07. The third-order valence-electron chi connectivity index (χ3n) is 5.07. The van der Waals surface area contributed by atoms with Crippen LogP contribution in [0.5, 0.6) is 11.5 Å². The lowest BCUT2D eigenvalue weighted by Gasteiger charge is -2.34. The van der Waals surface area contributed by atoms with E-state index in [-0.39, 0.29) is 25.0 Å². The molecule has 154 valence electrons. The Morgan fingerprint density at radius 3 is 1.97 bits per heavy atom. The summed E-state index contributed by atoms with van der Waals surface area (Å²) in [6, 6.07) is 15.4. The molecule has 0 N–H and O–H groups in total. The molecule has 0 aromatic heterocycles. The SMILES string of the molecule is CCc1ccccc1OCC(=O)N1CCN(C(=O)COc2ccc(C)cc2)CC1. The molecule has 6 heteroatoms. The molecular formula is C23H28N2O4. The van der Waals surface area contributed by atoms with E-state index in [4.69, 9.17) is 9.47 Å². The molecule has 0 saturated carbocycles. The van der Waals surface area contributed by atoms with Gasteiger partial charge >= 0.3 is 0 Å². The van der Waals surface area contributed by atoms with Gasteiger partial charge in [-0.15, -0.1) is 0 Å². The number of benzene rings is 2. The van der Waals surface area contributed by atoms with E-state index in [0.717, 1.165) is 23.3 Å². The molecule has 0 aliphatic carbocycles. The van der Waals surface area contributed by atoms with Crippen LogP contribution in [0.15, 0.2) is 48.5 Å². The van der Waals surface area contributed by atoms with Crippen molar-refractivity contribution in [1.82, 2.24) is 9.80 Å². The van der Waals surface area contributed by atoms with Crippen molar-refractivity contribution in [2.75, 3.05) is 39.4 Å². The number of rotatable bonds is 7. The zero-order valence-electron chi connectivity index (χ0n) is 17.1. The lowest BCUT2D eigenvalue weighted by Crippen LogP contribution is -2.52. The molecule has 2 aromatic carbocycles. The fourth-order valence-corrected chi connectivity index (χ4v) is 3.24. The second-order valence-corrected chi connectivity index (χ2v) is 7.11. The van der Waals surface area contributed by atoms with Gasteiger partial charge < -0.3 is 19.3 Å². The lowest BCUT2D eigenvalue weighted by molar-refractivity contribution is -0.141. The highest BCUT2D eigenvalue weighted by molar-refractivity contribution is 5.80. The Morgan fingerprint density at radius 2 is 1.38 bits per heavy atom. The summed E-state index contributed by atoms with van der Waals surface area (Å²) in [5.41, 5.74) is 2.23. The molecule has 2 amide bonds. The highest BCUT2D eigenvalue weighted by atomic mass is 16.5. The van der Waals surface area contributed by atoms with Crippen LogP contribution in [-0.2, 0) is 16.0 Å². The van der Waals surface area contributed by atoms with Gasteiger partial charge in [0.2, 0.25) is 0 Å². The van der Waals surface area contributed by atoms with E-state index in [1.54, 1.807) is 9.80 Å².